The molecule has 0 bridgehead atoms. The molecule has 0 spiro atoms. The number of rotatable bonds is 5. The van der Waals surface area contributed by atoms with Gasteiger partial charge in [-0.1, -0.05) is 28.9 Å². The molecule has 22 heavy (non-hydrogen) atoms. The minimum atomic E-state index is -0.0995. The quantitative estimate of drug-likeness (QED) is 0.781. The summed E-state index contributed by atoms with van der Waals surface area (Å²) in [6.07, 6.45) is 1.11. The molecule has 2 rings (SSSR count). The van der Waals surface area contributed by atoms with Gasteiger partial charge in [0.25, 0.3) is 0 Å². The monoisotopic (exact) mass is 411 g/mol. The molecule has 1 amide bonds. The van der Waals surface area contributed by atoms with Gasteiger partial charge in [-0.3, -0.25) is 4.79 Å². The zero-order chi connectivity index (χ0) is 14.5. The lowest BCUT2D eigenvalue weighted by Gasteiger charge is -2.19. The van der Waals surface area contributed by atoms with Crippen LogP contribution in [0, 0.1) is 11.8 Å². The predicted octanol–water partition coefficient (Wildman–Crippen LogP) is 2.83. The van der Waals surface area contributed by atoms with Crippen LogP contribution in [0.15, 0.2) is 28.7 Å². The van der Waals surface area contributed by atoms with E-state index in [0.717, 1.165) is 30.5 Å². The van der Waals surface area contributed by atoms with Crippen molar-refractivity contribution in [2.24, 2.45) is 17.6 Å². The van der Waals surface area contributed by atoms with Crippen molar-refractivity contribution in [3.05, 3.63) is 28.7 Å². The lowest BCUT2D eigenvalue weighted by molar-refractivity contribution is -0.124. The molecule has 1 aliphatic rings. The Balaban J connectivity index is 0.00000220. The highest BCUT2D eigenvalue weighted by molar-refractivity contribution is 9.10. The van der Waals surface area contributed by atoms with E-state index in [1.165, 1.54) is 5.69 Å². The van der Waals surface area contributed by atoms with Crippen molar-refractivity contribution in [1.82, 2.24) is 5.32 Å². The molecule has 126 valence electrons. The Morgan fingerprint density at radius 2 is 2.23 bits per heavy atom. The summed E-state index contributed by atoms with van der Waals surface area (Å²) in [6.45, 7) is 5.04. The molecule has 4 nitrogen and oxygen atoms in total. The predicted molar refractivity (Wildman–Crippen MR) is 100 cm³/mol. The highest BCUT2D eigenvalue weighted by Crippen LogP contribution is 2.25. The molecule has 3 N–H and O–H groups in total. The number of nitrogens with zero attached hydrogens (tertiary/aromatic N) is 1. The van der Waals surface area contributed by atoms with E-state index < -0.39 is 0 Å². The van der Waals surface area contributed by atoms with Crippen LogP contribution in [0.5, 0.6) is 0 Å². The zero-order valence-electron chi connectivity index (χ0n) is 12.6. The standard InChI is InChI=1S/C15H22BrN3O.2ClH/c1-11(8-17)15(20)18-9-12-5-6-19(10-12)14-4-2-3-13(16)7-14;;/h2-4,7,11-12H,5-6,8-10,17H2,1H3,(H,18,20);2*1H. The molecule has 1 saturated heterocycles. The van der Waals surface area contributed by atoms with Crippen molar-refractivity contribution in [3.63, 3.8) is 0 Å². The number of hydrogen-bond acceptors (Lipinski definition) is 3. The van der Waals surface area contributed by atoms with Crippen LogP contribution in [0.3, 0.4) is 0 Å². The van der Waals surface area contributed by atoms with Gasteiger partial charge >= 0.3 is 0 Å². The third-order valence-corrected chi connectivity index (χ3v) is 4.32. The maximum absolute atomic E-state index is 11.7. The minimum absolute atomic E-state index is 0. The number of nitrogens with two attached hydrogens (primary N) is 1. The molecule has 2 unspecified atom stereocenters. The molecular formula is C15H24BrCl2N3O. The second kappa shape index (κ2) is 10.3. The molecule has 1 aromatic carbocycles. The molecule has 2 atom stereocenters. The van der Waals surface area contributed by atoms with Crippen molar-refractivity contribution in [1.29, 1.82) is 0 Å². The van der Waals surface area contributed by atoms with Crippen molar-refractivity contribution in [3.8, 4) is 0 Å². The van der Waals surface area contributed by atoms with Gasteiger partial charge in [0.05, 0.1) is 0 Å². The molecule has 1 aliphatic heterocycles. The third-order valence-electron chi connectivity index (χ3n) is 3.83. The van der Waals surface area contributed by atoms with Crippen molar-refractivity contribution in [2.45, 2.75) is 13.3 Å². The average molecular weight is 413 g/mol. The van der Waals surface area contributed by atoms with Gasteiger partial charge in [-0.25, -0.2) is 0 Å². The molecular weight excluding hydrogens is 389 g/mol. The number of nitrogens with one attached hydrogen (secondary N) is 1. The molecule has 0 saturated carbocycles. The van der Waals surface area contributed by atoms with Crippen LogP contribution in [0.2, 0.25) is 0 Å². The summed E-state index contributed by atoms with van der Waals surface area (Å²) in [5, 5.41) is 3.00. The summed E-state index contributed by atoms with van der Waals surface area (Å²) in [5.41, 5.74) is 6.73. The Morgan fingerprint density at radius 1 is 1.50 bits per heavy atom. The van der Waals surface area contributed by atoms with E-state index in [-0.39, 0.29) is 36.6 Å². The molecule has 0 aromatic heterocycles. The molecule has 0 radical (unpaired) electrons. The molecule has 1 fully saturated rings. The van der Waals surface area contributed by atoms with Crippen LogP contribution < -0.4 is 16.0 Å². The van der Waals surface area contributed by atoms with Crippen LogP contribution >= 0.6 is 40.7 Å². The van der Waals surface area contributed by atoms with Gasteiger partial charge in [-0.15, -0.1) is 24.8 Å². The van der Waals surface area contributed by atoms with Gasteiger partial charge in [0.2, 0.25) is 5.91 Å². The van der Waals surface area contributed by atoms with Gasteiger partial charge in [-0.05, 0) is 30.5 Å². The fourth-order valence-electron chi connectivity index (χ4n) is 2.43. The van der Waals surface area contributed by atoms with Crippen LogP contribution in [0.4, 0.5) is 5.69 Å². The number of amides is 1. The first-order valence-corrected chi connectivity index (χ1v) is 7.87. The average Bonchev–Trinajstić information content (AvgIpc) is 2.92. The largest absolute Gasteiger partial charge is 0.371 e. The van der Waals surface area contributed by atoms with Gasteiger partial charge in [-0.2, -0.15) is 0 Å². The second-order valence-corrected chi connectivity index (χ2v) is 6.38. The lowest BCUT2D eigenvalue weighted by Crippen LogP contribution is -2.36. The van der Waals surface area contributed by atoms with Crippen LogP contribution in [0.25, 0.3) is 0 Å². The van der Waals surface area contributed by atoms with Crippen molar-refractivity contribution >= 4 is 52.3 Å². The van der Waals surface area contributed by atoms with Crippen molar-refractivity contribution in [2.75, 3.05) is 31.1 Å². The van der Waals surface area contributed by atoms with E-state index in [9.17, 15) is 4.79 Å². The van der Waals surface area contributed by atoms with E-state index >= 15 is 0 Å². The first-order chi connectivity index (χ1) is 9.60. The van der Waals surface area contributed by atoms with E-state index in [1.807, 2.05) is 13.0 Å². The first-order valence-electron chi connectivity index (χ1n) is 7.08. The molecule has 1 heterocycles. The number of benzene rings is 1. The first kappa shape index (κ1) is 21.5. The summed E-state index contributed by atoms with van der Waals surface area (Å²) < 4.78 is 1.10. The van der Waals surface area contributed by atoms with Gasteiger partial charge in [0.1, 0.15) is 0 Å². The SMILES string of the molecule is CC(CN)C(=O)NCC1CCN(c2cccc(Br)c2)C1.Cl.Cl. The minimum Gasteiger partial charge on any atom is -0.371 e. The summed E-state index contributed by atoms with van der Waals surface area (Å²) in [4.78, 5) is 14.1. The fourth-order valence-corrected chi connectivity index (χ4v) is 2.82. The van der Waals surface area contributed by atoms with E-state index in [0.29, 0.717) is 12.5 Å². The number of hydrogen-bond donors (Lipinski definition) is 2. The molecule has 7 heteroatoms. The van der Waals surface area contributed by atoms with Gasteiger partial charge in [0.15, 0.2) is 0 Å². The van der Waals surface area contributed by atoms with E-state index in [4.69, 9.17) is 5.73 Å². The Kier molecular flexibility index (Phi) is 10.1. The summed E-state index contributed by atoms with van der Waals surface area (Å²) in [5.74, 6) is 0.480. The third kappa shape index (κ3) is 5.95. The van der Waals surface area contributed by atoms with E-state index in [2.05, 4.69) is 44.3 Å². The van der Waals surface area contributed by atoms with Crippen LogP contribution in [-0.4, -0.2) is 32.1 Å². The van der Waals surface area contributed by atoms with Crippen LogP contribution in [-0.2, 0) is 4.79 Å². The Morgan fingerprint density at radius 3 is 2.86 bits per heavy atom. The number of carbonyl (C=O) groups excluding carboxylic acids is 1. The van der Waals surface area contributed by atoms with Gasteiger partial charge in [0, 0.05) is 42.3 Å². The summed E-state index contributed by atoms with van der Waals surface area (Å²) >= 11 is 3.50. The van der Waals surface area contributed by atoms with E-state index in [1.54, 1.807) is 0 Å². The zero-order valence-corrected chi connectivity index (χ0v) is 15.8. The highest BCUT2D eigenvalue weighted by Gasteiger charge is 2.23. The molecule has 1 aromatic rings. The summed E-state index contributed by atoms with van der Waals surface area (Å²) in [6, 6.07) is 8.35. The number of anilines is 1. The lowest BCUT2D eigenvalue weighted by atomic mass is 10.1. The maximum Gasteiger partial charge on any atom is 0.224 e. The second-order valence-electron chi connectivity index (χ2n) is 5.46. The molecule has 0 aliphatic carbocycles. The Bertz CT molecular complexity index is 476. The summed E-state index contributed by atoms with van der Waals surface area (Å²) in [7, 11) is 0. The number of carbonyl (C=O) groups is 1. The maximum atomic E-state index is 11.7. The van der Waals surface area contributed by atoms with Crippen LogP contribution in [0.1, 0.15) is 13.3 Å². The normalized spacial score (nSPS) is 18.1. The Labute approximate surface area is 153 Å². The topological polar surface area (TPSA) is 58.4 Å². The Hall–Kier alpha value is -0.490. The smallest absolute Gasteiger partial charge is 0.224 e. The number of halogens is 3. The highest BCUT2D eigenvalue weighted by atomic mass is 79.9. The van der Waals surface area contributed by atoms with Gasteiger partial charge < -0.3 is 16.0 Å². The fraction of sp³-hybridized carbons (Fsp3) is 0.533. The van der Waals surface area contributed by atoms with Crippen molar-refractivity contribution < 1.29 is 4.79 Å².